The van der Waals surface area contributed by atoms with Crippen LogP contribution in [0.1, 0.15) is 51.9 Å². The van der Waals surface area contributed by atoms with Crippen LogP contribution in [-0.4, -0.2) is 74.6 Å². The zero-order valence-corrected chi connectivity index (χ0v) is 16.2. The monoisotopic (exact) mass is 361 g/mol. The Balaban J connectivity index is 3.78. The number of nitrogens with zero attached hydrogens (tertiary/aromatic N) is 1. The summed E-state index contributed by atoms with van der Waals surface area (Å²) < 4.78 is 10.5. The van der Waals surface area contributed by atoms with Crippen molar-refractivity contribution in [2.45, 2.75) is 64.0 Å². The number of quaternary nitrogens is 1. The van der Waals surface area contributed by atoms with Crippen molar-refractivity contribution in [2.75, 3.05) is 41.0 Å². The lowest BCUT2D eigenvalue weighted by Gasteiger charge is -2.34. The van der Waals surface area contributed by atoms with Crippen molar-refractivity contribution in [3.05, 3.63) is 0 Å². The SMILES string of the molecule is CCCCCCCC(=O)OCC(O)COCCC(C(=O)[O-])[N+](C)(C)C. The first-order valence-electron chi connectivity index (χ1n) is 9.11. The Morgan fingerprint density at radius 2 is 1.72 bits per heavy atom. The number of rotatable bonds is 15. The lowest BCUT2D eigenvalue weighted by molar-refractivity contribution is -0.889. The summed E-state index contributed by atoms with van der Waals surface area (Å²) in [5.74, 6) is -1.43. The van der Waals surface area contributed by atoms with E-state index in [0.717, 1.165) is 25.7 Å². The molecule has 0 rings (SSSR count). The average Bonchev–Trinajstić information content (AvgIpc) is 2.50. The molecule has 7 nitrogen and oxygen atoms in total. The number of carboxylic acids is 1. The molecule has 0 saturated heterocycles. The Labute approximate surface area is 151 Å². The van der Waals surface area contributed by atoms with Crippen molar-refractivity contribution in [2.24, 2.45) is 0 Å². The molecule has 0 radical (unpaired) electrons. The molecule has 1 N–H and O–H groups in total. The van der Waals surface area contributed by atoms with E-state index in [-0.39, 0.29) is 36.7 Å². The van der Waals surface area contributed by atoms with Crippen LogP contribution in [0.15, 0.2) is 0 Å². The van der Waals surface area contributed by atoms with Gasteiger partial charge >= 0.3 is 5.97 Å². The van der Waals surface area contributed by atoms with Crippen LogP contribution < -0.4 is 5.11 Å². The molecule has 7 heteroatoms. The number of carboxylic acid groups (broad SMARTS) is 1. The molecule has 0 heterocycles. The first-order chi connectivity index (χ1) is 11.7. The van der Waals surface area contributed by atoms with E-state index in [9.17, 15) is 19.8 Å². The van der Waals surface area contributed by atoms with Crippen LogP contribution in [0.3, 0.4) is 0 Å². The number of carbonyl (C=O) groups excluding carboxylic acids is 2. The van der Waals surface area contributed by atoms with Crippen LogP contribution in [0.2, 0.25) is 0 Å². The summed E-state index contributed by atoms with van der Waals surface area (Å²) in [5.41, 5.74) is 0. The molecule has 0 fully saturated rings. The topological polar surface area (TPSA) is 95.9 Å². The molecule has 0 aromatic carbocycles. The fraction of sp³-hybridized carbons (Fsp3) is 0.889. The van der Waals surface area contributed by atoms with Crippen LogP contribution >= 0.6 is 0 Å². The highest BCUT2D eigenvalue weighted by Crippen LogP contribution is 2.08. The van der Waals surface area contributed by atoms with E-state index in [1.165, 1.54) is 6.42 Å². The van der Waals surface area contributed by atoms with Gasteiger partial charge in [-0.2, -0.15) is 0 Å². The Morgan fingerprint density at radius 1 is 1.08 bits per heavy atom. The molecule has 0 aliphatic carbocycles. The van der Waals surface area contributed by atoms with Crippen LogP contribution in [0.25, 0.3) is 0 Å². The third-order valence-corrected chi connectivity index (χ3v) is 3.97. The van der Waals surface area contributed by atoms with E-state index in [0.29, 0.717) is 6.42 Å². The maximum absolute atomic E-state index is 11.5. The maximum atomic E-state index is 11.5. The van der Waals surface area contributed by atoms with Crippen molar-refractivity contribution < 1.29 is 33.8 Å². The van der Waals surface area contributed by atoms with Gasteiger partial charge in [0, 0.05) is 12.8 Å². The van der Waals surface area contributed by atoms with Gasteiger partial charge in [-0.05, 0) is 6.42 Å². The zero-order chi connectivity index (χ0) is 19.3. The number of carbonyl (C=O) groups is 2. The molecule has 0 aliphatic heterocycles. The van der Waals surface area contributed by atoms with E-state index in [2.05, 4.69) is 6.92 Å². The van der Waals surface area contributed by atoms with E-state index >= 15 is 0 Å². The number of hydrogen-bond donors (Lipinski definition) is 1. The highest BCUT2D eigenvalue weighted by atomic mass is 16.5. The van der Waals surface area contributed by atoms with Crippen molar-refractivity contribution in [3.8, 4) is 0 Å². The van der Waals surface area contributed by atoms with Crippen molar-refractivity contribution in [3.63, 3.8) is 0 Å². The molecular formula is C18H35NO6. The van der Waals surface area contributed by atoms with Crippen LogP contribution in [0.5, 0.6) is 0 Å². The second-order valence-corrected chi connectivity index (χ2v) is 7.32. The largest absolute Gasteiger partial charge is 0.544 e. The molecule has 0 saturated carbocycles. The predicted molar refractivity (Wildman–Crippen MR) is 92.6 cm³/mol. The van der Waals surface area contributed by atoms with Gasteiger partial charge in [-0.3, -0.25) is 4.79 Å². The van der Waals surface area contributed by atoms with E-state index in [1.807, 2.05) is 0 Å². The zero-order valence-electron chi connectivity index (χ0n) is 16.2. The summed E-state index contributed by atoms with van der Waals surface area (Å²) in [6.07, 6.45) is 5.04. The highest BCUT2D eigenvalue weighted by molar-refractivity contribution is 5.69. The molecule has 2 unspecified atom stereocenters. The molecule has 0 aliphatic rings. The second-order valence-electron chi connectivity index (χ2n) is 7.32. The average molecular weight is 361 g/mol. The summed E-state index contributed by atoms with van der Waals surface area (Å²) in [7, 11) is 5.32. The lowest BCUT2D eigenvalue weighted by atomic mass is 10.1. The molecule has 0 aromatic rings. The van der Waals surface area contributed by atoms with Gasteiger partial charge in [-0.1, -0.05) is 32.6 Å². The number of unbranched alkanes of at least 4 members (excludes halogenated alkanes) is 4. The molecular weight excluding hydrogens is 326 g/mol. The Kier molecular flexibility index (Phi) is 12.5. The highest BCUT2D eigenvalue weighted by Gasteiger charge is 2.24. The third-order valence-electron chi connectivity index (χ3n) is 3.97. The van der Waals surface area contributed by atoms with Crippen LogP contribution in [-0.2, 0) is 19.1 Å². The Morgan fingerprint density at radius 3 is 2.28 bits per heavy atom. The molecule has 148 valence electrons. The molecule has 0 aromatic heterocycles. The van der Waals surface area contributed by atoms with Crippen molar-refractivity contribution in [1.82, 2.24) is 0 Å². The summed E-state index contributed by atoms with van der Waals surface area (Å²) >= 11 is 0. The fourth-order valence-corrected chi connectivity index (χ4v) is 2.42. The molecule has 25 heavy (non-hydrogen) atoms. The Hall–Kier alpha value is -1.18. The van der Waals surface area contributed by atoms with Crippen LogP contribution in [0, 0.1) is 0 Å². The van der Waals surface area contributed by atoms with Crippen molar-refractivity contribution in [1.29, 1.82) is 0 Å². The number of aliphatic carboxylic acids is 1. The van der Waals surface area contributed by atoms with Crippen LogP contribution in [0.4, 0.5) is 0 Å². The minimum absolute atomic E-state index is 0.000685. The van der Waals surface area contributed by atoms with Gasteiger partial charge in [0.1, 0.15) is 18.8 Å². The fourth-order valence-electron chi connectivity index (χ4n) is 2.42. The predicted octanol–water partition coefficient (Wildman–Crippen LogP) is 0.482. The normalized spacial score (nSPS) is 14.1. The van der Waals surface area contributed by atoms with Crippen molar-refractivity contribution >= 4 is 11.9 Å². The van der Waals surface area contributed by atoms with E-state index in [4.69, 9.17) is 9.47 Å². The Bertz CT molecular complexity index is 380. The van der Waals surface area contributed by atoms with Gasteiger partial charge in [0.2, 0.25) is 0 Å². The summed E-state index contributed by atoms with van der Waals surface area (Å²) in [6.45, 7) is 2.23. The van der Waals surface area contributed by atoms with Gasteiger partial charge < -0.3 is 29.0 Å². The number of aliphatic hydroxyl groups excluding tert-OH is 1. The summed E-state index contributed by atoms with van der Waals surface area (Å²) in [6, 6.07) is -0.678. The van der Waals surface area contributed by atoms with Gasteiger partial charge in [0.15, 0.2) is 0 Å². The quantitative estimate of drug-likeness (QED) is 0.259. The molecule has 0 bridgehead atoms. The number of ether oxygens (including phenoxy) is 2. The maximum Gasteiger partial charge on any atom is 0.305 e. The van der Waals surface area contributed by atoms with Gasteiger partial charge in [0.05, 0.1) is 40.3 Å². The first kappa shape index (κ1) is 23.8. The van der Waals surface area contributed by atoms with Gasteiger partial charge in [-0.25, -0.2) is 0 Å². The number of aliphatic hydroxyl groups is 1. The smallest absolute Gasteiger partial charge is 0.305 e. The third kappa shape index (κ3) is 12.8. The molecule has 0 spiro atoms. The van der Waals surface area contributed by atoms with E-state index in [1.54, 1.807) is 21.1 Å². The molecule has 2 atom stereocenters. The first-order valence-corrected chi connectivity index (χ1v) is 9.11. The number of likely N-dealkylation sites (N-methyl/N-ethyl adjacent to an activating group) is 1. The summed E-state index contributed by atoms with van der Waals surface area (Å²) in [5, 5.41) is 20.8. The second kappa shape index (κ2) is 13.1. The van der Waals surface area contributed by atoms with Gasteiger partial charge in [0.25, 0.3) is 0 Å². The minimum atomic E-state index is -1.12. The van der Waals surface area contributed by atoms with Gasteiger partial charge in [-0.15, -0.1) is 0 Å². The number of hydrogen-bond acceptors (Lipinski definition) is 6. The number of esters is 1. The van der Waals surface area contributed by atoms with E-state index < -0.39 is 18.1 Å². The molecule has 0 amide bonds. The summed E-state index contributed by atoms with van der Waals surface area (Å²) in [4.78, 5) is 22.6. The standard InChI is InChI=1S/C18H35NO6/c1-5-6-7-8-9-10-17(21)25-14-15(20)13-24-12-11-16(18(22)23)19(2,3)4/h15-16,20H,5-14H2,1-4H3. The lowest BCUT2D eigenvalue weighted by Crippen LogP contribution is -2.55. The minimum Gasteiger partial charge on any atom is -0.544 e.